The van der Waals surface area contributed by atoms with Crippen LogP contribution in [0.3, 0.4) is 0 Å². The highest BCUT2D eigenvalue weighted by molar-refractivity contribution is 5.89. The maximum Gasteiger partial charge on any atom is 0.338 e. The average Bonchev–Trinajstić information content (AvgIpc) is 0.767. The maximum atomic E-state index is 14.8. The molecule has 0 aliphatic carbocycles. The van der Waals surface area contributed by atoms with Gasteiger partial charge >= 0.3 is 5.97 Å². The van der Waals surface area contributed by atoms with Crippen molar-refractivity contribution in [3.63, 3.8) is 0 Å². The number of hydrogen-bond donors (Lipinski definition) is 0. The normalized spacial score (nSPS) is 24.7. The SMILES string of the molecule is CO[C@@H]1O[C@H](COCc2ccccc2)[C@@H](OCc2ccccc2)[C@H](OCc2ccccc2)[C@@H]1O[C@@H]1O[C@H](COCc2ccccc2)[C@@H](OCc2ccccc2)[C@H](OCc2ccccc2)[C@@H]1O[C@@H]1O[C@H](COCc2ccccc2)C[C@H](OCc2ccccc2)[C@H]1OC(=O)c1ccccc1. The van der Waals surface area contributed by atoms with Crippen LogP contribution in [0.1, 0.15) is 61.3 Å². The second-order valence-corrected chi connectivity index (χ2v) is 24.5. The second-order valence-electron chi connectivity index (χ2n) is 24.5. The van der Waals surface area contributed by atoms with Gasteiger partial charge in [0.15, 0.2) is 25.0 Å². The lowest BCUT2D eigenvalue weighted by molar-refractivity contribution is -0.398. The number of ether oxygens (including phenoxy) is 15. The monoisotopic (exact) mass is 1330 g/mol. The Balaban J connectivity index is 0.975. The third-order valence-corrected chi connectivity index (χ3v) is 17.4. The van der Waals surface area contributed by atoms with E-state index in [1.165, 1.54) is 0 Å². The summed E-state index contributed by atoms with van der Waals surface area (Å²) in [5, 5.41) is 0. The minimum Gasteiger partial charge on any atom is -0.451 e. The van der Waals surface area contributed by atoms with Crippen LogP contribution in [0.4, 0.5) is 0 Å². The molecule has 3 fully saturated rings. The molecule has 0 N–H and O–H groups in total. The zero-order valence-electron chi connectivity index (χ0n) is 55.1. The van der Waals surface area contributed by atoms with Gasteiger partial charge in [0, 0.05) is 13.5 Å². The molecule has 0 spiro atoms. The fourth-order valence-corrected chi connectivity index (χ4v) is 12.3. The standard InChI is InChI=1S/C82H86O16/c1-84-80-77(75(91-54-65-41-23-8-24-42-65)72(89-52-63-37-19-6-20-38-63)70(94-80)57-86-49-60-31-13-3-14-32-60)97-82-78(76(92-55-66-43-25-9-26-44-66)73(90-53-64-39-21-7-22-40-64)71(95-82)58-87-50-61-33-15-4-16-34-61)98-81-74(96-79(83)67-45-27-10-28-46-67)69(88-51-62-35-17-5-18-36-62)47-68(93-81)56-85-48-59-29-11-2-12-30-59/h2-46,68-78,80-82H,47-58H2,1H3/t68-,69-,70+,71+,72+,73+,74+,75-,76-,77-,78-,80+,81-,82-/m0/s1. The fourth-order valence-electron chi connectivity index (χ4n) is 12.3. The van der Waals surface area contributed by atoms with E-state index in [1.807, 2.05) is 249 Å². The summed E-state index contributed by atoms with van der Waals surface area (Å²) >= 11 is 0. The Kier molecular flexibility index (Phi) is 26.5. The van der Waals surface area contributed by atoms with Crippen LogP contribution in [0.5, 0.6) is 0 Å². The van der Waals surface area contributed by atoms with Gasteiger partial charge in [0.1, 0.15) is 54.9 Å². The van der Waals surface area contributed by atoms with Gasteiger partial charge in [0.2, 0.25) is 0 Å². The number of benzene rings is 9. The van der Waals surface area contributed by atoms with Crippen LogP contribution in [0.25, 0.3) is 0 Å². The lowest BCUT2D eigenvalue weighted by Crippen LogP contribution is -2.67. The van der Waals surface area contributed by atoms with Crippen LogP contribution >= 0.6 is 0 Å². The van der Waals surface area contributed by atoms with Crippen molar-refractivity contribution in [2.45, 2.75) is 145 Å². The largest absolute Gasteiger partial charge is 0.451 e. The first-order valence-corrected chi connectivity index (χ1v) is 33.6. The van der Waals surface area contributed by atoms with Crippen LogP contribution in [-0.4, -0.2) is 119 Å². The van der Waals surface area contributed by atoms with Crippen molar-refractivity contribution in [3.8, 4) is 0 Å². The first-order chi connectivity index (χ1) is 48.5. The fraction of sp³-hybridized carbons (Fsp3) is 0.329. The van der Waals surface area contributed by atoms with Gasteiger partial charge in [-0.2, -0.15) is 0 Å². The molecule has 3 heterocycles. The van der Waals surface area contributed by atoms with E-state index in [0.29, 0.717) is 18.8 Å². The molecule has 3 saturated heterocycles. The highest BCUT2D eigenvalue weighted by atomic mass is 16.8. The summed E-state index contributed by atoms with van der Waals surface area (Å²) in [5.41, 5.74) is 7.76. The Bertz CT molecular complexity index is 3670. The maximum absolute atomic E-state index is 14.8. The summed E-state index contributed by atoms with van der Waals surface area (Å²) in [6.45, 7) is 1.83. The highest BCUT2D eigenvalue weighted by Gasteiger charge is 2.57. The average molecular weight is 1330 g/mol. The number of carbonyl (C=O) groups is 1. The van der Waals surface area contributed by atoms with Crippen molar-refractivity contribution >= 4 is 5.97 Å². The van der Waals surface area contributed by atoms with E-state index in [9.17, 15) is 4.79 Å². The predicted molar refractivity (Wildman–Crippen MR) is 366 cm³/mol. The van der Waals surface area contributed by atoms with Crippen LogP contribution in [-0.2, 0) is 124 Å². The van der Waals surface area contributed by atoms with Crippen molar-refractivity contribution in [2.24, 2.45) is 0 Å². The lowest BCUT2D eigenvalue weighted by Gasteiger charge is -2.51. The molecule has 0 unspecified atom stereocenters. The second kappa shape index (κ2) is 37.2. The third-order valence-electron chi connectivity index (χ3n) is 17.4. The van der Waals surface area contributed by atoms with E-state index in [4.69, 9.17) is 71.1 Å². The van der Waals surface area contributed by atoms with Crippen molar-refractivity contribution in [3.05, 3.63) is 323 Å². The number of methoxy groups -OCH3 is 1. The van der Waals surface area contributed by atoms with E-state index in [-0.39, 0.29) is 65.9 Å². The number of esters is 1. The smallest absolute Gasteiger partial charge is 0.338 e. The molecule has 16 heteroatoms. The molecular weight excluding hydrogens is 1240 g/mol. The van der Waals surface area contributed by atoms with Gasteiger partial charge in [-0.3, -0.25) is 0 Å². The zero-order valence-corrected chi connectivity index (χ0v) is 55.1. The van der Waals surface area contributed by atoms with Crippen LogP contribution < -0.4 is 0 Å². The molecule has 3 aliphatic rings. The van der Waals surface area contributed by atoms with Gasteiger partial charge in [-0.1, -0.05) is 261 Å². The summed E-state index contributed by atoms with van der Waals surface area (Å²) in [6.07, 6.45) is -14.4. The highest BCUT2D eigenvalue weighted by Crippen LogP contribution is 2.39. The number of rotatable bonds is 34. The van der Waals surface area contributed by atoms with Crippen molar-refractivity contribution in [2.75, 3.05) is 26.9 Å². The Hall–Kier alpha value is -8.11. The van der Waals surface area contributed by atoms with E-state index < -0.39 is 92.0 Å². The Morgan fingerprint density at radius 3 is 0.980 bits per heavy atom. The molecule has 98 heavy (non-hydrogen) atoms. The summed E-state index contributed by atoms with van der Waals surface area (Å²) in [4.78, 5) is 14.8. The van der Waals surface area contributed by atoms with Gasteiger partial charge in [0.05, 0.1) is 84.3 Å². The molecule has 0 bridgehead atoms. The van der Waals surface area contributed by atoms with Crippen molar-refractivity contribution in [1.82, 2.24) is 0 Å². The molecule has 14 atom stereocenters. The first kappa shape index (κ1) is 69.8. The minimum absolute atomic E-state index is 0.00600. The molecule has 0 saturated carbocycles. The Labute approximate surface area is 574 Å². The van der Waals surface area contributed by atoms with E-state index in [0.717, 1.165) is 44.5 Å². The zero-order chi connectivity index (χ0) is 66.8. The van der Waals surface area contributed by atoms with Crippen LogP contribution in [0.2, 0.25) is 0 Å². The van der Waals surface area contributed by atoms with Gasteiger partial charge in [0.25, 0.3) is 0 Å². The van der Waals surface area contributed by atoms with E-state index >= 15 is 0 Å². The third kappa shape index (κ3) is 20.3. The lowest BCUT2D eigenvalue weighted by atomic mass is 9.95. The van der Waals surface area contributed by atoms with Crippen molar-refractivity contribution < 1.29 is 75.8 Å². The number of hydrogen-bond acceptors (Lipinski definition) is 16. The van der Waals surface area contributed by atoms with Gasteiger partial charge in [-0.15, -0.1) is 0 Å². The van der Waals surface area contributed by atoms with Crippen LogP contribution in [0, 0.1) is 0 Å². The molecule has 0 radical (unpaired) electrons. The Morgan fingerprint density at radius 1 is 0.316 bits per heavy atom. The summed E-state index contributed by atoms with van der Waals surface area (Å²) < 4.78 is 106. The molecule has 9 aromatic rings. The van der Waals surface area contributed by atoms with Gasteiger partial charge in [-0.05, 0) is 56.6 Å². The molecule has 0 amide bonds. The molecule has 16 nitrogen and oxygen atoms in total. The topological polar surface area (TPSA) is 156 Å². The molecule has 3 aliphatic heterocycles. The molecule has 510 valence electrons. The Morgan fingerprint density at radius 2 is 0.612 bits per heavy atom. The van der Waals surface area contributed by atoms with Crippen LogP contribution in [0.15, 0.2) is 273 Å². The summed E-state index contributed by atoms with van der Waals surface area (Å²) in [7, 11) is 1.56. The minimum atomic E-state index is -1.43. The quantitative estimate of drug-likeness (QED) is 0.0351. The van der Waals surface area contributed by atoms with Crippen molar-refractivity contribution in [1.29, 1.82) is 0 Å². The van der Waals surface area contributed by atoms with E-state index in [1.54, 1.807) is 31.4 Å². The van der Waals surface area contributed by atoms with E-state index in [2.05, 4.69) is 0 Å². The molecule has 0 aromatic heterocycles. The van der Waals surface area contributed by atoms with Gasteiger partial charge in [-0.25, -0.2) is 4.79 Å². The predicted octanol–water partition coefficient (Wildman–Crippen LogP) is 13.8. The number of carbonyl (C=O) groups excluding carboxylic acids is 1. The first-order valence-electron chi connectivity index (χ1n) is 33.6. The summed E-state index contributed by atoms with van der Waals surface area (Å²) in [5.74, 6) is -0.617. The summed E-state index contributed by atoms with van der Waals surface area (Å²) in [6, 6.07) is 88.1. The molecule has 9 aromatic carbocycles. The molecule has 12 rings (SSSR count). The molecular formula is C82H86O16. The van der Waals surface area contributed by atoms with Gasteiger partial charge < -0.3 is 71.1 Å².